The van der Waals surface area contributed by atoms with Crippen molar-refractivity contribution in [2.45, 2.75) is 39.0 Å². The molecule has 1 unspecified atom stereocenters. The van der Waals surface area contributed by atoms with E-state index in [1.54, 1.807) is 58.8 Å². The van der Waals surface area contributed by atoms with E-state index in [9.17, 15) is 9.59 Å². The van der Waals surface area contributed by atoms with Gasteiger partial charge in [-0.2, -0.15) is 0 Å². The smallest absolute Gasteiger partial charge is 0.323 e. The molecule has 0 saturated heterocycles. The van der Waals surface area contributed by atoms with Crippen LogP contribution in [0.4, 0.5) is 0 Å². The van der Waals surface area contributed by atoms with Gasteiger partial charge in [0.05, 0.1) is 0 Å². The molecule has 0 aliphatic rings. The topological polar surface area (TPSA) is 59.1 Å². The van der Waals surface area contributed by atoms with Crippen molar-refractivity contribution in [1.29, 1.82) is 0 Å². The zero-order valence-corrected chi connectivity index (χ0v) is 13.0. The molecule has 0 aromatic heterocycles. The van der Waals surface area contributed by atoms with Crippen LogP contribution in [-0.2, 0) is 19.1 Å². The van der Waals surface area contributed by atoms with Crippen LogP contribution in [0.3, 0.4) is 0 Å². The number of nitrogens with zero attached hydrogens (tertiary/aromatic N) is 2. The van der Waals surface area contributed by atoms with Crippen molar-refractivity contribution in [2.75, 3.05) is 34.8 Å². The molecule has 0 aromatic carbocycles. The van der Waals surface area contributed by atoms with Gasteiger partial charge in [-0.15, -0.1) is 0 Å². The Kier molecular flexibility index (Phi) is 7.63. The summed E-state index contributed by atoms with van der Waals surface area (Å²) in [5.74, 6) is -0.650. The Morgan fingerprint density at radius 1 is 0.895 bits per heavy atom. The van der Waals surface area contributed by atoms with E-state index >= 15 is 0 Å². The normalized spacial score (nSPS) is 16.1. The molecule has 0 heterocycles. The van der Waals surface area contributed by atoms with Gasteiger partial charge in [-0.05, 0) is 49.0 Å². The van der Waals surface area contributed by atoms with E-state index in [0.717, 1.165) is 0 Å². The highest BCUT2D eigenvalue weighted by Crippen LogP contribution is 2.02. The summed E-state index contributed by atoms with van der Waals surface area (Å²) in [4.78, 5) is 26.8. The molecular weight excluding hydrogens is 248 g/mol. The molecule has 0 saturated carbocycles. The highest BCUT2D eigenvalue weighted by Gasteiger charge is 2.21. The van der Waals surface area contributed by atoms with Gasteiger partial charge < -0.3 is 9.47 Å². The van der Waals surface area contributed by atoms with E-state index in [-0.39, 0.29) is 30.6 Å². The van der Waals surface area contributed by atoms with Crippen molar-refractivity contribution in [3.05, 3.63) is 0 Å². The van der Waals surface area contributed by atoms with Gasteiger partial charge in [-0.25, -0.2) is 0 Å². The largest absolute Gasteiger partial charge is 0.461 e. The maximum absolute atomic E-state index is 11.7. The van der Waals surface area contributed by atoms with E-state index in [4.69, 9.17) is 9.47 Å². The van der Waals surface area contributed by atoms with Crippen LogP contribution in [0.2, 0.25) is 0 Å². The Balaban J connectivity index is 4.09. The fourth-order valence-corrected chi connectivity index (χ4v) is 1.07. The maximum Gasteiger partial charge on any atom is 0.323 e. The monoisotopic (exact) mass is 274 g/mol. The number of hydrogen-bond acceptors (Lipinski definition) is 6. The Hall–Kier alpha value is -1.14. The third-order valence-corrected chi connectivity index (χ3v) is 3.01. The summed E-state index contributed by atoms with van der Waals surface area (Å²) in [7, 11) is 7.20. The molecule has 0 spiro atoms. The first-order valence-electron chi connectivity index (χ1n) is 6.36. The van der Waals surface area contributed by atoms with Gasteiger partial charge in [0.2, 0.25) is 0 Å². The minimum atomic E-state index is -0.451. The Labute approximate surface area is 115 Å². The summed E-state index contributed by atoms with van der Waals surface area (Å²) in [5.41, 5.74) is 0. The quantitative estimate of drug-likeness (QED) is 0.625. The van der Waals surface area contributed by atoms with Gasteiger partial charge in [0.1, 0.15) is 24.8 Å². The van der Waals surface area contributed by atoms with Crippen LogP contribution in [-0.4, -0.2) is 74.7 Å². The van der Waals surface area contributed by atoms with Crippen LogP contribution in [0.25, 0.3) is 0 Å². The standard InChI is InChI=1S/C13H26N2O4/c1-9(19-13(17)11(3)15(6)7)8-18-12(16)10(2)14(4)5/h9-11H,8H2,1-7H3/t9?,10-,11-/m0/s1. The molecule has 0 amide bonds. The zero-order valence-electron chi connectivity index (χ0n) is 13.0. The number of ether oxygens (including phenoxy) is 2. The second-order valence-electron chi connectivity index (χ2n) is 5.16. The van der Waals surface area contributed by atoms with Gasteiger partial charge in [0, 0.05) is 0 Å². The SMILES string of the molecule is CC(COC(=O)[C@H](C)N(C)C)OC(=O)[C@H](C)N(C)C. The van der Waals surface area contributed by atoms with Crippen LogP contribution < -0.4 is 0 Å². The average Bonchev–Trinajstić information content (AvgIpc) is 2.33. The van der Waals surface area contributed by atoms with Gasteiger partial charge in [-0.1, -0.05) is 0 Å². The first-order chi connectivity index (χ1) is 8.66. The molecule has 112 valence electrons. The Morgan fingerprint density at radius 3 is 1.74 bits per heavy atom. The van der Waals surface area contributed by atoms with Crippen molar-refractivity contribution < 1.29 is 19.1 Å². The van der Waals surface area contributed by atoms with Crippen molar-refractivity contribution in [3.8, 4) is 0 Å². The third kappa shape index (κ3) is 6.54. The van der Waals surface area contributed by atoms with E-state index in [2.05, 4.69) is 0 Å². The van der Waals surface area contributed by atoms with Crippen LogP contribution >= 0.6 is 0 Å². The minimum Gasteiger partial charge on any atom is -0.461 e. The number of hydrogen-bond donors (Lipinski definition) is 0. The lowest BCUT2D eigenvalue weighted by atomic mass is 10.3. The van der Waals surface area contributed by atoms with Crippen molar-refractivity contribution in [1.82, 2.24) is 9.80 Å². The summed E-state index contributed by atoms with van der Waals surface area (Å²) >= 11 is 0. The fraction of sp³-hybridized carbons (Fsp3) is 0.846. The molecule has 0 bridgehead atoms. The average molecular weight is 274 g/mol. The number of esters is 2. The molecule has 3 atom stereocenters. The van der Waals surface area contributed by atoms with Crippen LogP contribution in [0.5, 0.6) is 0 Å². The van der Waals surface area contributed by atoms with Crippen molar-refractivity contribution in [3.63, 3.8) is 0 Å². The zero-order chi connectivity index (χ0) is 15.2. The first kappa shape index (κ1) is 17.9. The lowest BCUT2D eigenvalue weighted by molar-refractivity contribution is -0.163. The van der Waals surface area contributed by atoms with Crippen molar-refractivity contribution in [2.24, 2.45) is 0 Å². The predicted molar refractivity (Wildman–Crippen MR) is 72.8 cm³/mol. The summed E-state index contributed by atoms with van der Waals surface area (Å²) in [5, 5.41) is 0. The molecule has 0 radical (unpaired) electrons. The molecule has 0 rings (SSSR count). The van der Waals surface area contributed by atoms with Gasteiger partial charge >= 0.3 is 11.9 Å². The highest BCUT2D eigenvalue weighted by molar-refractivity contribution is 5.76. The molecule has 0 aromatic rings. The van der Waals surface area contributed by atoms with Crippen LogP contribution in [0.15, 0.2) is 0 Å². The number of likely N-dealkylation sites (N-methyl/N-ethyl adjacent to an activating group) is 2. The first-order valence-corrected chi connectivity index (χ1v) is 6.36. The van der Waals surface area contributed by atoms with Crippen molar-refractivity contribution >= 4 is 11.9 Å². The molecule has 0 fully saturated rings. The predicted octanol–water partition coefficient (Wildman–Crippen LogP) is 0.362. The highest BCUT2D eigenvalue weighted by atomic mass is 16.6. The van der Waals surface area contributed by atoms with Gasteiger partial charge in [0.25, 0.3) is 0 Å². The van der Waals surface area contributed by atoms with E-state index in [1.165, 1.54) is 0 Å². The van der Waals surface area contributed by atoms with Gasteiger partial charge in [0.15, 0.2) is 0 Å². The van der Waals surface area contributed by atoms with Crippen LogP contribution in [0.1, 0.15) is 20.8 Å². The molecule has 6 heteroatoms. The van der Waals surface area contributed by atoms with Gasteiger partial charge in [-0.3, -0.25) is 19.4 Å². The summed E-state index contributed by atoms with van der Waals surface area (Å²) in [6.07, 6.45) is -0.451. The Morgan fingerprint density at radius 2 is 1.32 bits per heavy atom. The number of carbonyl (C=O) groups excluding carboxylic acids is 2. The fourth-order valence-electron chi connectivity index (χ4n) is 1.07. The molecular formula is C13H26N2O4. The Bertz CT molecular complexity index is 305. The third-order valence-electron chi connectivity index (χ3n) is 3.01. The summed E-state index contributed by atoms with van der Waals surface area (Å²) in [6, 6.07) is -0.637. The lowest BCUT2D eigenvalue weighted by Gasteiger charge is -2.22. The maximum atomic E-state index is 11.7. The molecule has 0 aliphatic carbocycles. The molecule has 0 aliphatic heterocycles. The second kappa shape index (κ2) is 8.12. The number of rotatable bonds is 7. The van der Waals surface area contributed by atoms with E-state index < -0.39 is 6.10 Å². The van der Waals surface area contributed by atoms with Crippen LogP contribution in [0, 0.1) is 0 Å². The number of carbonyl (C=O) groups is 2. The lowest BCUT2D eigenvalue weighted by Crippen LogP contribution is -2.38. The van der Waals surface area contributed by atoms with E-state index in [0.29, 0.717) is 0 Å². The van der Waals surface area contributed by atoms with E-state index in [1.807, 2.05) is 0 Å². The molecule has 19 heavy (non-hydrogen) atoms. The minimum absolute atomic E-state index is 0.0723. The second-order valence-corrected chi connectivity index (χ2v) is 5.16. The molecule has 0 N–H and O–H groups in total. The molecule has 6 nitrogen and oxygen atoms in total. The summed E-state index contributed by atoms with van der Waals surface area (Å²) in [6.45, 7) is 5.29. The summed E-state index contributed by atoms with van der Waals surface area (Å²) < 4.78 is 10.3.